The van der Waals surface area contributed by atoms with Crippen LogP contribution in [-0.2, 0) is 0 Å². The fourth-order valence-corrected chi connectivity index (χ4v) is 4.71. The molecule has 2 N–H and O–H groups in total. The molecule has 1 saturated carbocycles. The topological polar surface area (TPSA) is 60.2 Å². The molecule has 9 heteroatoms. The highest BCUT2D eigenvalue weighted by Gasteiger charge is 2.46. The SMILES string of the molecule is N=Cc1cc(Cl)c(N2CCC(N3CC(F)(F)C3)CC2)cc1Nc1cnn(C2CC2)c1. The summed E-state index contributed by atoms with van der Waals surface area (Å²) in [6.07, 6.45) is 9.11. The van der Waals surface area contributed by atoms with Crippen LogP contribution in [0.15, 0.2) is 24.5 Å². The molecular weight excluding hydrogens is 410 g/mol. The van der Waals surface area contributed by atoms with Gasteiger partial charge in [-0.1, -0.05) is 11.6 Å². The third-order valence-electron chi connectivity index (χ3n) is 6.27. The summed E-state index contributed by atoms with van der Waals surface area (Å²) >= 11 is 6.55. The molecule has 30 heavy (non-hydrogen) atoms. The maximum absolute atomic E-state index is 13.2. The van der Waals surface area contributed by atoms with E-state index in [0.717, 1.165) is 43.0 Å². The second-order valence-corrected chi connectivity index (χ2v) is 8.99. The van der Waals surface area contributed by atoms with E-state index in [1.54, 1.807) is 12.3 Å². The minimum absolute atomic E-state index is 0.116. The Labute approximate surface area is 179 Å². The summed E-state index contributed by atoms with van der Waals surface area (Å²) in [4.78, 5) is 4.10. The van der Waals surface area contributed by atoms with Gasteiger partial charge in [-0.2, -0.15) is 5.10 Å². The van der Waals surface area contributed by atoms with Gasteiger partial charge in [-0.15, -0.1) is 0 Å². The Morgan fingerprint density at radius 2 is 1.87 bits per heavy atom. The number of anilines is 3. The zero-order valence-electron chi connectivity index (χ0n) is 16.6. The molecule has 3 fully saturated rings. The predicted octanol–water partition coefficient (Wildman–Crippen LogP) is 4.53. The number of benzene rings is 1. The Hall–Kier alpha value is -2.19. The van der Waals surface area contributed by atoms with Gasteiger partial charge in [0.25, 0.3) is 5.92 Å². The number of hydrogen-bond acceptors (Lipinski definition) is 5. The minimum Gasteiger partial charge on any atom is -0.370 e. The molecule has 0 bridgehead atoms. The maximum Gasteiger partial charge on any atom is 0.272 e. The first-order chi connectivity index (χ1) is 14.4. The van der Waals surface area contributed by atoms with Crippen molar-refractivity contribution in [3.63, 3.8) is 0 Å². The largest absolute Gasteiger partial charge is 0.370 e. The lowest BCUT2D eigenvalue weighted by atomic mass is 9.97. The van der Waals surface area contributed by atoms with Crippen LogP contribution >= 0.6 is 11.6 Å². The summed E-state index contributed by atoms with van der Waals surface area (Å²) in [6.45, 7) is 1.31. The van der Waals surface area contributed by atoms with Crippen LogP contribution in [0, 0.1) is 5.41 Å². The van der Waals surface area contributed by atoms with Crippen LogP contribution in [-0.4, -0.2) is 59.0 Å². The Bertz CT molecular complexity index is 941. The molecule has 0 radical (unpaired) electrons. The summed E-state index contributed by atoms with van der Waals surface area (Å²) in [5, 5.41) is 16.1. The average Bonchev–Trinajstić information content (AvgIpc) is 3.46. The summed E-state index contributed by atoms with van der Waals surface area (Å²) in [5.74, 6) is -2.52. The highest BCUT2D eigenvalue weighted by molar-refractivity contribution is 6.33. The van der Waals surface area contributed by atoms with Crippen LogP contribution in [0.4, 0.5) is 25.8 Å². The van der Waals surface area contributed by atoms with E-state index in [0.29, 0.717) is 16.6 Å². The molecule has 3 aliphatic rings. The van der Waals surface area contributed by atoms with Gasteiger partial charge in [0, 0.05) is 42.8 Å². The number of nitrogens with zero attached hydrogens (tertiary/aromatic N) is 4. The first kappa shape index (κ1) is 19.8. The molecule has 2 aromatic rings. The van der Waals surface area contributed by atoms with Crippen molar-refractivity contribution in [3.05, 3.63) is 35.1 Å². The number of piperidine rings is 1. The van der Waals surface area contributed by atoms with Crippen molar-refractivity contribution in [2.24, 2.45) is 0 Å². The van der Waals surface area contributed by atoms with Gasteiger partial charge in [0.05, 0.1) is 41.7 Å². The van der Waals surface area contributed by atoms with Gasteiger partial charge >= 0.3 is 0 Å². The van der Waals surface area contributed by atoms with Crippen molar-refractivity contribution in [2.75, 3.05) is 36.4 Å². The van der Waals surface area contributed by atoms with E-state index >= 15 is 0 Å². The molecule has 6 nitrogen and oxygen atoms in total. The van der Waals surface area contributed by atoms with Gasteiger partial charge in [0.15, 0.2) is 0 Å². The third kappa shape index (κ3) is 3.90. The van der Waals surface area contributed by atoms with Crippen LogP contribution in [0.25, 0.3) is 0 Å². The quantitative estimate of drug-likeness (QED) is 0.656. The highest BCUT2D eigenvalue weighted by atomic mass is 35.5. The molecular formula is C21H25ClF2N6. The molecule has 2 saturated heterocycles. The minimum atomic E-state index is -2.52. The number of likely N-dealkylation sites (tertiary alicyclic amines) is 1. The second-order valence-electron chi connectivity index (χ2n) is 8.58. The average molecular weight is 435 g/mol. The Morgan fingerprint density at radius 1 is 1.13 bits per heavy atom. The maximum atomic E-state index is 13.2. The summed E-state index contributed by atoms with van der Waals surface area (Å²) in [6, 6.07) is 4.51. The molecule has 5 rings (SSSR count). The number of hydrogen-bond donors (Lipinski definition) is 2. The summed E-state index contributed by atoms with van der Waals surface area (Å²) in [7, 11) is 0. The molecule has 0 unspecified atom stereocenters. The van der Waals surface area contributed by atoms with Gasteiger partial charge in [-0.05, 0) is 37.8 Å². The van der Waals surface area contributed by atoms with Crippen LogP contribution in [0.1, 0.15) is 37.3 Å². The number of nitrogens with one attached hydrogen (secondary N) is 2. The van der Waals surface area contributed by atoms with E-state index in [9.17, 15) is 8.78 Å². The van der Waals surface area contributed by atoms with Crippen molar-refractivity contribution < 1.29 is 8.78 Å². The number of alkyl halides is 2. The zero-order valence-corrected chi connectivity index (χ0v) is 17.4. The van der Waals surface area contributed by atoms with Crippen LogP contribution < -0.4 is 10.2 Å². The molecule has 160 valence electrons. The van der Waals surface area contributed by atoms with Crippen LogP contribution in [0.2, 0.25) is 5.02 Å². The fourth-order valence-electron chi connectivity index (χ4n) is 4.42. The molecule has 0 amide bonds. The van der Waals surface area contributed by atoms with Crippen LogP contribution in [0.5, 0.6) is 0 Å². The first-order valence-electron chi connectivity index (χ1n) is 10.4. The van der Waals surface area contributed by atoms with Crippen molar-refractivity contribution in [1.29, 1.82) is 5.41 Å². The lowest BCUT2D eigenvalue weighted by Crippen LogP contribution is -2.61. The van der Waals surface area contributed by atoms with E-state index in [-0.39, 0.29) is 19.1 Å². The van der Waals surface area contributed by atoms with E-state index in [2.05, 4.69) is 15.3 Å². The molecule has 1 aromatic carbocycles. The van der Waals surface area contributed by atoms with Gasteiger partial charge in [0.1, 0.15) is 0 Å². The molecule has 3 heterocycles. The fraction of sp³-hybridized carbons (Fsp3) is 0.524. The normalized spacial score (nSPS) is 22.0. The van der Waals surface area contributed by atoms with E-state index in [1.165, 1.54) is 19.1 Å². The van der Waals surface area contributed by atoms with Gasteiger partial charge in [0.2, 0.25) is 0 Å². The van der Waals surface area contributed by atoms with Crippen molar-refractivity contribution >= 4 is 34.9 Å². The number of rotatable bonds is 6. The van der Waals surface area contributed by atoms with Gasteiger partial charge in [-0.25, -0.2) is 8.78 Å². The molecule has 0 atom stereocenters. The lowest BCUT2D eigenvalue weighted by molar-refractivity contribution is -0.148. The molecule has 1 aliphatic carbocycles. The zero-order chi connectivity index (χ0) is 20.9. The Kier molecular flexibility index (Phi) is 4.94. The molecule has 0 spiro atoms. The van der Waals surface area contributed by atoms with Crippen molar-refractivity contribution in [1.82, 2.24) is 14.7 Å². The van der Waals surface area contributed by atoms with Crippen molar-refractivity contribution in [2.45, 2.75) is 43.7 Å². The predicted molar refractivity (Wildman–Crippen MR) is 115 cm³/mol. The monoisotopic (exact) mass is 434 g/mol. The van der Waals surface area contributed by atoms with Gasteiger partial charge < -0.3 is 15.6 Å². The van der Waals surface area contributed by atoms with Crippen LogP contribution in [0.3, 0.4) is 0 Å². The van der Waals surface area contributed by atoms with E-state index < -0.39 is 5.92 Å². The summed E-state index contributed by atoms with van der Waals surface area (Å²) in [5.41, 5.74) is 3.31. The van der Waals surface area contributed by atoms with Gasteiger partial charge in [-0.3, -0.25) is 9.58 Å². The van der Waals surface area contributed by atoms with Crippen molar-refractivity contribution in [3.8, 4) is 0 Å². The third-order valence-corrected chi connectivity index (χ3v) is 6.57. The number of aromatic nitrogens is 2. The smallest absolute Gasteiger partial charge is 0.272 e. The van der Waals surface area contributed by atoms with E-state index in [4.69, 9.17) is 17.0 Å². The highest BCUT2D eigenvalue weighted by Crippen LogP contribution is 2.38. The second kappa shape index (κ2) is 7.50. The Morgan fingerprint density at radius 3 is 2.50 bits per heavy atom. The lowest BCUT2D eigenvalue weighted by Gasteiger charge is -2.47. The first-order valence-corrected chi connectivity index (χ1v) is 10.8. The van der Waals surface area contributed by atoms with E-state index in [1.807, 2.05) is 21.8 Å². The standard InChI is InChI=1S/C21H25ClF2N6/c22-18-7-14(9-25)19(27-15-10-26-30(11-15)17-1-2-17)8-20(18)28-5-3-16(4-6-28)29-12-21(23,24)13-29/h7-11,16-17,25,27H,1-6,12-13H2. The molecule has 2 aliphatic heterocycles. The summed E-state index contributed by atoms with van der Waals surface area (Å²) < 4.78 is 28.3. The Balaban J connectivity index is 1.30. The molecule has 1 aromatic heterocycles. The number of halogens is 3.